The van der Waals surface area contributed by atoms with Gasteiger partial charge in [0, 0.05) is 26.2 Å². The minimum atomic E-state index is -3.53. The number of ether oxygens (including phenoxy) is 1. The number of carbonyl (C=O) groups excluding carboxylic acids is 1. The first-order chi connectivity index (χ1) is 16.9. The Morgan fingerprint density at radius 3 is 2.34 bits per heavy atom. The Balaban J connectivity index is 1.24. The molecule has 0 radical (unpaired) electrons. The van der Waals surface area contributed by atoms with E-state index in [1.807, 2.05) is 66.4 Å². The Morgan fingerprint density at radius 1 is 0.943 bits per heavy atom. The van der Waals surface area contributed by atoms with E-state index in [2.05, 4.69) is 10.5 Å². The lowest BCUT2D eigenvalue weighted by atomic mass is 10.2. The van der Waals surface area contributed by atoms with Crippen LogP contribution < -0.4 is 10.2 Å². The van der Waals surface area contributed by atoms with Crippen molar-refractivity contribution in [2.45, 2.75) is 11.8 Å². The van der Waals surface area contributed by atoms with Crippen molar-refractivity contribution in [2.24, 2.45) is 5.10 Å². The van der Waals surface area contributed by atoms with Crippen LogP contribution in [0.3, 0.4) is 0 Å². The van der Waals surface area contributed by atoms with Gasteiger partial charge in [0.15, 0.2) is 0 Å². The summed E-state index contributed by atoms with van der Waals surface area (Å²) in [5.74, 6) is 1.15. The summed E-state index contributed by atoms with van der Waals surface area (Å²) in [5.41, 5.74) is 4.33. The lowest BCUT2D eigenvalue weighted by Crippen LogP contribution is -2.50. The molecule has 4 rings (SSSR count). The summed E-state index contributed by atoms with van der Waals surface area (Å²) in [6, 6.07) is 23.7. The molecule has 35 heavy (non-hydrogen) atoms. The number of nitrogens with one attached hydrogen (secondary N) is 1. The molecule has 8 nitrogen and oxygen atoms in total. The fourth-order valence-electron chi connectivity index (χ4n) is 3.69. The van der Waals surface area contributed by atoms with Gasteiger partial charge in [0.2, 0.25) is 10.0 Å². The van der Waals surface area contributed by atoms with Crippen molar-refractivity contribution in [3.8, 4) is 11.5 Å². The number of hydrazone groups is 1. The van der Waals surface area contributed by atoms with Crippen LogP contribution in [-0.2, 0) is 14.8 Å². The van der Waals surface area contributed by atoms with Crippen molar-refractivity contribution in [1.29, 1.82) is 0 Å². The van der Waals surface area contributed by atoms with Gasteiger partial charge >= 0.3 is 0 Å². The van der Waals surface area contributed by atoms with Crippen LogP contribution in [0.1, 0.15) is 11.1 Å². The fraction of sp³-hybridized carbons (Fsp3) is 0.231. The van der Waals surface area contributed by atoms with Gasteiger partial charge in [-0.3, -0.25) is 9.69 Å². The summed E-state index contributed by atoms with van der Waals surface area (Å²) >= 11 is 0. The highest BCUT2D eigenvalue weighted by atomic mass is 32.2. The largest absolute Gasteiger partial charge is 0.457 e. The van der Waals surface area contributed by atoms with Gasteiger partial charge in [-0.15, -0.1) is 0 Å². The summed E-state index contributed by atoms with van der Waals surface area (Å²) in [4.78, 5) is 14.5. The maximum atomic E-state index is 12.8. The van der Waals surface area contributed by atoms with Gasteiger partial charge in [0.05, 0.1) is 17.7 Å². The first kappa shape index (κ1) is 24.6. The molecule has 1 amide bonds. The van der Waals surface area contributed by atoms with Crippen molar-refractivity contribution in [2.75, 3.05) is 32.7 Å². The van der Waals surface area contributed by atoms with Gasteiger partial charge in [-0.25, -0.2) is 13.8 Å². The maximum absolute atomic E-state index is 12.8. The number of sulfonamides is 1. The zero-order valence-electron chi connectivity index (χ0n) is 19.5. The summed E-state index contributed by atoms with van der Waals surface area (Å²) in [6.45, 7) is 3.68. The number of aryl methyl sites for hydroxylation is 1. The van der Waals surface area contributed by atoms with E-state index in [0.29, 0.717) is 36.8 Å². The number of rotatable bonds is 8. The third kappa shape index (κ3) is 6.75. The highest BCUT2D eigenvalue weighted by Crippen LogP contribution is 2.21. The molecule has 0 aromatic heterocycles. The number of nitrogens with zero attached hydrogens (tertiary/aromatic N) is 3. The van der Waals surface area contributed by atoms with Crippen LogP contribution in [0.2, 0.25) is 0 Å². The Labute approximate surface area is 205 Å². The standard InChI is InChI=1S/C26H28N4O4S/c1-21-10-12-25(13-11-21)35(32,33)30-16-14-29(15-17-30)20-26(31)28-27-19-22-6-5-9-24(18-22)34-23-7-3-2-4-8-23/h2-13,18-19H,14-17,20H2,1H3,(H,28,31)/b27-19+. The third-order valence-electron chi connectivity index (χ3n) is 5.60. The monoisotopic (exact) mass is 492 g/mol. The summed E-state index contributed by atoms with van der Waals surface area (Å²) < 4.78 is 32.9. The van der Waals surface area contributed by atoms with E-state index in [4.69, 9.17) is 4.74 Å². The van der Waals surface area contributed by atoms with E-state index in [1.54, 1.807) is 30.5 Å². The van der Waals surface area contributed by atoms with E-state index >= 15 is 0 Å². The summed E-state index contributed by atoms with van der Waals surface area (Å²) in [7, 11) is -3.53. The minimum Gasteiger partial charge on any atom is -0.457 e. The van der Waals surface area contributed by atoms with Gasteiger partial charge in [0.25, 0.3) is 5.91 Å². The second-order valence-electron chi connectivity index (χ2n) is 8.27. The average molecular weight is 493 g/mol. The van der Waals surface area contributed by atoms with E-state index < -0.39 is 10.0 Å². The van der Waals surface area contributed by atoms with Gasteiger partial charge in [-0.2, -0.15) is 9.41 Å². The maximum Gasteiger partial charge on any atom is 0.254 e. The molecule has 0 aliphatic carbocycles. The third-order valence-corrected chi connectivity index (χ3v) is 7.51. The first-order valence-corrected chi connectivity index (χ1v) is 12.8. The number of carbonyl (C=O) groups is 1. The SMILES string of the molecule is Cc1ccc(S(=O)(=O)N2CCN(CC(=O)N/N=C/c3cccc(Oc4ccccc4)c3)CC2)cc1. The number of benzene rings is 3. The predicted molar refractivity (Wildman–Crippen MR) is 135 cm³/mol. The zero-order chi connectivity index (χ0) is 24.7. The van der Waals surface area contributed by atoms with E-state index in [1.165, 1.54) is 4.31 Å². The molecule has 9 heteroatoms. The van der Waals surface area contributed by atoms with Gasteiger partial charge in [-0.05, 0) is 48.9 Å². The second kappa shape index (κ2) is 11.3. The fourth-order valence-corrected chi connectivity index (χ4v) is 5.11. The molecule has 0 spiro atoms. The summed E-state index contributed by atoms with van der Waals surface area (Å²) in [6.07, 6.45) is 1.56. The number of hydrogen-bond donors (Lipinski definition) is 1. The van der Waals surface area contributed by atoms with Crippen molar-refractivity contribution >= 4 is 22.1 Å². The molecule has 1 fully saturated rings. The van der Waals surface area contributed by atoms with Crippen molar-refractivity contribution in [3.05, 3.63) is 90.0 Å². The molecule has 1 N–H and O–H groups in total. The quantitative estimate of drug-likeness (QED) is 0.385. The van der Waals surface area contributed by atoms with Crippen LogP contribution in [0.4, 0.5) is 0 Å². The van der Waals surface area contributed by atoms with Crippen LogP contribution in [0.5, 0.6) is 11.5 Å². The smallest absolute Gasteiger partial charge is 0.254 e. The molecular weight excluding hydrogens is 464 g/mol. The topological polar surface area (TPSA) is 91.3 Å². The molecule has 0 bridgehead atoms. The van der Waals surface area contributed by atoms with E-state index in [9.17, 15) is 13.2 Å². The molecule has 1 saturated heterocycles. The molecule has 1 heterocycles. The van der Waals surface area contributed by atoms with Crippen molar-refractivity contribution in [1.82, 2.24) is 14.6 Å². The first-order valence-electron chi connectivity index (χ1n) is 11.3. The lowest BCUT2D eigenvalue weighted by molar-refractivity contribution is -0.122. The highest BCUT2D eigenvalue weighted by Gasteiger charge is 2.28. The molecule has 1 aliphatic rings. The predicted octanol–water partition coefficient (Wildman–Crippen LogP) is 3.24. The van der Waals surface area contributed by atoms with Gasteiger partial charge < -0.3 is 4.74 Å². The molecule has 0 saturated carbocycles. The number of piperazine rings is 1. The van der Waals surface area contributed by atoms with Gasteiger partial charge in [0.1, 0.15) is 11.5 Å². The van der Waals surface area contributed by atoms with E-state index in [-0.39, 0.29) is 12.5 Å². The lowest BCUT2D eigenvalue weighted by Gasteiger charge is -2.33. The Bertz CT molecular complexity index is 1270. The number of hydrogen-bond acceptors (Lipinski definition) is 6. The molecule has 3 aromatic rings. The molecule has 0 unspecified atom stereocenters. The zero-order valence-corrected chi connectivity index (χ0v) is 20.3. The molecule has 3 aromatic carbocycles. The molecule has 1 aliphatic heterocycles. The molecule has 0 atom stereocenters. The van der Waals surface area contributed by atoms with Crippen molar-refractivity contribution in [3.63, 3.8) is 0 Å². The number of amides is 1. The molecular formula is C26H28N4O4S. The van der Waals surface area contributed by atoms with Crippen LogP contribution in [0, 0.1) is 6.92 Å². The molecule has 182 valence electrons. The highest BCUT2D eigenvalue weighted by molar-refractivity contribution is 7.89. The van der Waals surface area contributed by atoms with Crippen LogP contribution in [0.25, 0.3) is 0 Å². The Hall–Kier alpha value is -3.53. The minimum absolute atomic E-state index is 0.146. The second-order valence-corrected chi connectivity index (χ2v) is 10.2. The van der Waals surface area contributed by atoms with Gasteiger partial charge in [-0.1, -0.05) is 48.0 Å². The normalized spacial score (nSPS) is 15.2. The van der Waals surface area contributed by atoms with Crippen LogP contribution in [0.15, 0.2) is 88.9 Å². The average Bonchev–Trinajstić information content (AvgIpc) is 2.85. The summed E-state index contributed by atoms with van der Waals surface area (Å²) in [5, 5.41) is 4.04. The van der Waals surface area contributed by atoms with Crippen molar-refractivity contribution < 1.29 is 17.9 Å². The number of para-hydroxylation sites is 1. The van der Waals surface area contributed by atoms with Crippen LogP contribution in [-0.4, -0.2) is 62.5 Å². The Kier molecular flexibility index (Phi) is 7.91. The Morgan fingerprint density at radius 2 is 1.63 bits per heavy atom. The van der Waals surface area contributed by atoms with E-state index in [0.717, 1.165) is 16.9 Å². The van der Waals surface area contributed by atoms with Crippen LogP contribution >= 0.6 is 0 Å².